The number of rotatable bonds is 7. The molecule has 0 aliphatic rings. The van der Waals surface area contributed by atoms with Crippen LogP contribution in [0.3, 0.4) is 0 Å². The summed E-state index contributed by atoms with van der Waals surface area (Å²) in [5.41, 5.74) is -0.231. The van der Waals surface area contributed by atoms with Gasteiger partial charge in [-0.2, -0.15) is 24.9 Å². The third-order valence-corrected chi connectivity index (χ3v) is 4.10. The average Bonchev–Trinajstić information content (AvgIpc) is 2.38. The number of benzene rings is 1. The maximum atomic E-state index is 13.0. The summed E-state index contributed by atoms with van der Waals surface area (Å²) in [7, 11) is 0. The van der Waals surface area contributed by atoms with Crippen molar-refractivity contribution < 1.29 is 13.2 Å². The van der Waals surface area contributed by atoms with Gasteiger partial charge in [-0.05, 0) is 43.4 Å². The highest BCUT2D eigenvalue weighted by molar-refractivity contribution is 7.99. The number of nitrogens with one attached hydrogen (secondary N) is 1. The lowest BCUT2D eigenvalue weighted by molar-refractivity contribution is -0.138. The molecule has 1 aromatic rings. The summed E-state index contributed by atoms with van der Waals surface area (Å²) in [6.45, 7) is 5.90. The largest absolute Gasteiger partial charge is 0.416 e. The minimum Gasteiger partial charge on any atom is -0.308 e. The SMILES string of the molecule is CCSCCC(C)NC(C)c1ccccc1C(F)(F)F. The third kappa shape index (κ3) is 5.37. The van der Waals surface area contributed by atoms with Gasteiger partial charge in [-0.25, -0.2) is 0 Å². The second-order valence-corrected chi connectivity index (χ2v) is 6.25. The highest BCUT2D eigenvalue weighted by atomic mass is 32.2. The van der Waals surface area contributed by atoms with Crippen molar-refractivity contribution in [3.05, 3.63) is 35.4 Å². The fourth-order valence-electron chi connectivity index (χ4n) is 2.14. The predicted octanol–water partition coefficient (Wildman–Crippen LogP) is 4.89. The van der Waals surface area contributed by atoms with Gasteiger partial charge in [-0.1, -0.05) is 25.1 Å². The van der Waals surface area contributed by atoms with Crippen molar-refractivity contribution in [1.82, 2.24) is 5.32 Å². The van der Waals surface area contributed by atoms with Crippen LogP contribution in [-0.4, -0.2) is 17.5 Å². The maximum absolute atomic E-state index is 13.0. The van der Waals surface area contributed by atoms with E-state index >= 15 is 0 Å². The molecule has 0 aliphatic heterocycles. The smallest absolute Gasteiger partial charge is 0.308 e. The molecule has 2 atom stereocenters. The summed E-state index contributed by atoms with van der Waals surface area (Å²) in [6, 6.07) is 5.67. The van der Waals surface area contributed by atoms with E-state index < -0.39 is 11.7 Å². The molecule has 114 valence electrons. The van der Waals surface area contributed by atoms with Gasteiger partial charge < -0.3 is 5.32 Å². The Morgan fingerprint density at radius 3 is 2.45 bits per heavy atom. The Labute approximate surface area is 123 Å². The summed E-state index contributed by atoms with van der Waals surface area (Å²) < 4.78 is 38.9. The zero-order valence-electron chi connectivity index (χ0n) is 12.1. The van der Waals surface area contributed by atoms with E-state index in [1.54, 1.807) is 19.1 Å². The Bertz CT molecular complexity index is 406. The van der Waals surface area contributed by atoms with Crippen LogP contribution in [0.4, 0.5) is 13.2 Å². The lowest BCUT2D eigenvalue weighted by atomic mass is 10.00. The molecular weight excluding hydrogens is 283 g/mol. The molecule has 1 N–H and O–H groups in total. The zero-order chi connectivity index (χ0) is 15.2. The van der Waals surface area contributed by atoms with Crippen LogP contribution >= 0.6 is 11.8 Å². The molecule has 0 fully saturated rings. The van der Waals surface area contributed by atoms with Gasteiger partial charge in [0.1, 0.15) is 0 Å². The molecular formula is C15H22F3NS. The van der Waals surface area contributed by atoms with Gasteiger partial charge >= 0.3 is 6.18 Å². The highest BCUT2D eigenvalue weighted by Gasteiger charge is 2.34. The first kappa shape index (κ1) is 17.4. The summed E-state index contributed by atoms with van der Waals surface area (Å²) in [5, 5.41) is 3.25. The molecule has 0 heterocycles. The van der Waals surface area contributed by atoms with Crippen molar-refractivity contribution in [1.29, 1.82) is 0 Å². The molecule has 0 saturated heterocycles. The van der Waals surface area contributed by atoms with E-state index in [0.717, 1.165) is 24.0 Å². The van der Waals surface area contributed by atoms with Crippen LogP contribution in [0.2, 0.25) is 0 Å². The van der Waals surface area contributed by atoms with E-state index in [9.17, 15) is 13.2 Å². The summed E-state index contributed by atoms with van der Waals surface area (Å²) in [6.07, 6.45) is -3.34. The van der Waals surface area contributed by atoms with E-state index in [4.69, 9.17) is 0 Å². The Hall–Kier alpha value is -0.680. The van der Waals surface area contributed by atoms with Crippen molar-refractivity contribution in [3.63, 3.8) is 0 Å². The molecule has 0 aliphatic carbocycles. The van der Waals surface area contributed by atoms with Gasteiger partial charge in [-0.15, -0.1) is 0 Å². The van der Waals surface area contributed by atoms with Crippen LogP contribution in [0.15, 0.2) is 24.3 Å². The molecule has 2 unspecified atom stereocenters. The Morgan fingerprint density at radius 2 is 1.85 bits per heavy atom. The average molecular weight is 305 g/mol. The van der Waals surface area contributed by atoms with E-state index in [0.29, 0.717) is 5.56 Å². The number of halogens is 3. The fraction of sp³-hybridized carbons (Fsp3) is 0.600. The normalized spacial score (nSPS) is 15.1. The number of hydrogen-bond donors (Lipinski definition) is 1. The van der Waals surface area contributed by atoms with Gasteiger partial charge in [0.05, 0.1) is 5.56 Å². The summed E-state index contributed by atoms with van der Waals surface area (Å²) in [5.74, 6) is 2.09. The minimum absolute atomic E-state index is 0.199. The predicted molar refractivity (Wildman–Crippen MR) is 80.1 cm³/mol. The summed E-state index contributed by atoms with van der Waals surface area (Å²) >= 11 is 1.85. The molecule has 5 heteroatoms. The van der Waals surface area contributed by atoms with E-state index in [-0.39, 0.29) is 12.1 Å². The molecule has 20 heavy (non-hydrogen) atoms. The van der Waals surface area contributed by atoms with Gasteiger partial charge in [0.25, 0.3) is 0 Å². The first-order valence-corrected chi connectivity index (χ1v) is 8.01. The fourth-order valence-corrected chi connectivity index (χ4v) is 2.95. The van der Waals surface area contributed by atoms with Crippen LogP contribution in [0, 0.1) is 0 Å². The molecule has 1 aromatic carbocycles. The van der Waals surface area contributed by atoms with E-state index in [1.165, 1.54) is 6.07 Å². The van der Waals surface area contributed by atoms with E-state index in [1.807, 2.05) is 18.7 Å². The van der Waals surface area contributed by atoms with Gasteiger partial charge in [0, 0.05) is 12.1 Å². The molecule has 0 bridgehead atoms. The van der Waals surface area contributed by atoms with Crippen molar-refractivity contribution >= 4 is 11.8 Å². The highest BCUT2D eigenvalue weighted by Crippen LogP contribution is 2.34. The first-order valence-electron chi connectivity index (χ1n) is 6.86. The van der Waals surface area contributed by atoms with Crippen LogP contribution < -0.4 is 5.32 Å². The Balaban J connectivity index is 2.70. The third-order valence-electron chi connectivity index (χ3n) is 3.17. The molecule has 0 saturated carbocycles. The zero-order valence-corrected chi connectivity index (χ0v) is 12.9. The standard InChI is InChI=1S/C15H22F3NS/c1-4-20-10-9-11(2)19-12(3)13-7-5-6-8-14(13)15(16,17)18/h5-8,11-12,19H,4,9-10H2,1-3H3. The number of alkyl halides is 3. The van der Waals surface area contributed by atoms with Crippen molar-refractivity contribution in [3.8, 4) is 0 Å². The summed E-state index contributed by atoms with van der Waals surface area (Å²) in [4.78, 5) is 0. The lowest BCUT2D eigenvalue weighted by Crippen LogP contribution is -2.30. The van der Waals surface area contributed by atoms with Gasteiger partial charge in [0.2, 0.25) is 0 Å². The van der Waals surface area contributed by atoms with Crippen molar-refractivity contribution in [2.75, 3.05) is 11.5 Å². The van der Waals surface area contributed by atoms with Crippen LogP contribution in [0.1, 0.15) is 44.4 Å². The van der Waals surface area contributed by atoms with Crippen LogP contribution in [-0.2, 0) is 6.18 Å². The molecule has 0 radical (unpaired) electrons. The van der Waals surface area contributed by atoms with Gasteiger partial charge in [0.15, 0.2) is 0 Å². The Morgan fingerprint density at radius 1 is 1.20 bits per heavy atom. The van der Waals surface area contributed by atoms with Crippen molar-refractivity contribution in [2.45, 2.75) is 45.5 Å². The van der Waals surface area contributed by atoms with Crippen LogP contribution in [0.5, 0.6) is 0 Å². The second kappa shape index (κ2) is 7.93. The van der Waals surface area contributed by atoms with Gasteiger partial charge in [-0.3, -0.25) is 0 Å². The second-order valence-electron chi connectivity index (χ2n) is 4.86. The topological polar surface area (TPSA) is 12.0 Å². The number of thioether (sulfide) groups is 1. The molecule has 1 rings (SSSR count). The first-order chi connectivity index (χ1) is 9.36. The monoisotopic (exact) mass is 305 g/mol. The molecule has 0 spiro atoms. The number of hydrogen-bond acceptors (Lipinski definition) is 2. The quantitative estimate of drug-likeness (QED) is 0.720. The molecule has 0 aromatic heterocycles. The van der Waals surface area contributed by atoms with Crippen molar-refractivity contribution in [2.24, 2.45) is 0 Å². The maximum Gasteiger partial charge on any atom is 0.416 e. The molecule has 0 amide bonds. The van der Waals surface area contributed by atoms with Crippen LogP contribution in [0.25, 0.3) is 0 Å². The lowest BCUT2D eigenvalue weighted by Gasteiger charge is -2.23. The Kier molecular flexibility index (Phi) is 6.89. The minimum atomic E-state index is -4.30. The molecule has 1 nitrogen and oxygen atoms in total. The van der Waals surface area contributed by atoms with E-state index in [2.05, 4.69) is 12.2 Å².